The Morgan fingerprint density at radius 3 is 2.23 bits per heavy atom. The summed E-state index contributed by atoms with van der Waals surface area (Å²) in [7, 11) is 1.65. The fourth-order valence-corrected chi connectivity index (χ4v) is 3.67. The van der Waals surface area contributed by atoms with Gasteiger partial charge >= 0.3 is 5.97 Å². The highest BCUT2D eigenvalue weighted by Gasteiger charge is 2.23. The molecule has 1 aliphatic rings. The average molecular weight is 419 g/mol. The molecule has 1 aliphatic heterocycles. The number of benzene rings is 2. The summed E-state index contributed by atoms with van der Waals surface area (Å²) in [5.74, 6) is 0.135. The standard InChI is InChI=1S/C24H25N3O4/c1-30-22-7-3-2-6-21(22)26-14-16-27(17-15-26)23(28)18-31-24(29)19-8-10-20(11-9-19)25-12-4-5-13-25/h2-13H,14-18H2,1H3. The van der Waals surface area contributed by atoms with Crippen LogP contribution in [0.15, 0.2) is 73.1 Å². The quantitative estimate of drug-likeness (QED) is 0.575. The number of anilines is 1. The van der Waals surface area contributed by atoms with Gasteiger partial charge in [0.1, 0.15) is 5.75 Å². The normalized spacial score (nSPS) is 13.7. The molecule has 0 unspecified atom stereocenters. The van der Waals surface area contributed by atoms with E-state index in [1.807, 2.05) is 65.5 Å². The molecule has 0 radical (unpaired) electrons. The molecule has 1 fully saturated rings. The highest BCUT2D eigenvalue weighted by atomic mass is 16.5. The van der Waals surface area contributed by atoms with Crippen molar-refractivity contribution in [2.45, 2.75) is 0 Å². The monoisotopic (exact) mass is 419 g/mol. The third kappa shape index (κ3) is 4.71. The van der Waals surface area contributed by atoms with Gasteiger partial charge in [-0.1, -0.05) is 12.1 Å². The van der Waals surface area contributed by atoms with Gasteiger partial charge in [0, 0.05) is 44.3 Å². The number of carbonyl (C=O) groups is 2. The lowest BCUT2D eigenvalue weighted by Gasteiger charge is -2.36. The predicted octanol–water partition coefficient (Wildman–Crippen LogP) is 2.99. The molecule has 0 saturated carbocycles. The predicted molar refractivity (Wildman–Crippen MR) is 118 cm³/mol. The molecule has 1 aromatic heterocycles. The topological polar surface area (TPSA) is 64.0 Å². The van der Waals surface area contributed by atoms with Crippen LogP contribution in [0.3, 0.4) is 0 Å². The summed E-state index contributed by atoms with van der Waals surface area (Å²) in [6.45, 7) is 2.27. The van der Waals surface area contributed by atoms with Gasteiger partial charge < -0.3 is 23.8 Å². The zero-order valence-electron chi connectivity index (χ0n) is 17.4. The van der Waals surface area contributed by atoms with Crippen molar-refractivity contribution in [1.29, 1.82) is 0 Å². The van der Waals surface area contributed by atoms with Gasteiger partial charge in [0.15, 0.2) is 6.61 Å². The van der Waals surface area contributed by atoms with Crippen molar-refractivity contribution in [3.05, 3.63) is 78.6 Å². The van der Waals surface area contributed by atoms with Crippen LogP contribution in [0.1, 0.15) is 10.4 Å². The first-order chi connectivity index (χ1) is 15.2. The minimum atomic E-state index is -0.500. The fraction of sp³-hybridized carbons (Fsp3) is 0.250. The zero-order chi connectivity index (χ0) is 21.6. The van der Waals surface area contributed by atoms with E-state index in [0.29, 0.717) is 31.7 Å². The maximum Gasteiger partial charge on any atom is 0.338 e. The molecule has 4 rings (SSSR count). The van der Waals surface area contributed by atoms with Crippen molar-refractivity contribution in [3.63, 3.8) is 0 Å². The number of hydrogen-bond acceptors (Lipinski definition) is 5. The number of carbonyl (C=O) groups excluding carboxylic acids is 2. The van der Waals surface area contributed by atoms with Crippen LogP contribution in [0.25, 0.3) is 5.69 Å². The van der Waals surface area contributed by atoms with Gasteiger partial charge in [-0.15, -0.1) is 0 Å². The lowest BCUT2D eigenvalue weighted by atomic mass is 10.2. The summed E-state index contributed by atoms with van der Waals surface area (Å²) in [5, 5.41) is 0. The third-order valence-corrected chi connectivity index (χ3v) is 5.39. The molecule has 7 heteroatoms. The largest absolute Gasteiger partial charge is 0.495 e. The third-order valence-electron chi connectivity index (χ3n) is 5.39. The molecule has 0 N–H and O–H groups in total. The number of esters is 1. The number of methoxy groups -OCH3 is 1. The van der Waals surface area contributed by atoms with E-state index in [1.165, 1.54) is 0 Å². The lowest BCUT2D eigenvalue weighted by molar-refractivity contribution is -0.134. The van der Waals surface area contributed by atoms with Gasteiger partial charge in [0.25, 0.3) is 5.91 Å². The molecular formula is C24H25N3O4. The van der Waals surface area contributed by atoms with E-state index in [9.17, 15) is 9.59 Å². The molecule has 1 saturated heterocycles. The maximum absolute atomic E-state index is 12.5. The van der Waals surface area contributed by atoms with Gasteiger partial charge in [-0.3, -0.25) is 4.79 Å². The van der Waals surface area contributed by atoms with Gasteiger partial charge in [-0.05, 0) is 48.5 Å². The van der Waals surface area contributed by atoms with Crippen molar-refractivity contribution >= 4 is 17.6 Å². The van der Waals surface area contributed by atoms with Gasteiger partial charge in [0.05, 0.1) is 18.4 Å². The van der Waals surface area contributed by atoms with Crippen molar-refractivity contribution in [2.75, 3.05) is 44.8 Å². The number of hydrogen-bond donors (Lipinski definition) is 0. The molecule has 2 heterocycles. The molecule has 0 aliphatic carbocycles. The van der Waals surface area contributed by atoms with E-state index < -0.39 is 5.97 Å². The molecule has 0 spiro atoms. The lowest BCUT2D eigenvalue weighted by Crippen LogP contribution is -2.50. The van der Waals surface area contributed by atoms with Crippen LogP contribution in [0.4, 0.5) is 5.69 Å². The Bertz CT molecular complexity index is 1020. The average Bonchev–Trinajstić information content (AvgIpc) is 3.37. The Morgan fingerprint density at radius 2 is 1.55 bits per heavy atom. The summed E-state index contributed by atoms with van der Waals surface area (Å²) < 4.78 is 12.6. The second kappa shape index (κ2) is 9.38. The number of piperazine rings is 1. The van der Waals surface area contributed by atoms with Crippen molar-refractivity contribution in [3.8, 4) is 11.4 Å². The number of amides is 1. The van der Waals surface area contributed by atoms with Crippen LogP contribution in [-0.2, 0) is 9.53 Å². The Hall–Kier alpha value is -3.74. The Morgan fingerprint density at radius 1 is 0.871 bits per heavy atom. The highest BCUT2D eigenvalue weighted by molar-refractivity contribution is 5.91. The number of para-hydroxylation sites is 2. The van der Waals surface area contributed by atoms with Crippen LogP contribution in [-0.4, -0.2) is 61.2 Å². The first-order valence-corrected chi connectivity index (χ1v) is 10.2. The summed E-state index contributed by atoms with van der Waals surface area (Å²) >= 11 is 0. The molecule has 0 bridgehead atoms. The van der Waals surface area contributed by atoms with Gasteiger partial charge in [-0.2, -0.15) is 0 Å². The van der Waals surface area contributed by atoms with Gasteiger partial charge in [-0.25, -0.2) is 4.79 Å². The number of ether oxygens (including phenoxy) is 2. The van der Waals surface area contributed by atoms with Crippen LogP contribution in [0.2, 0.25) is 0 Å². The van der Waals surface area contributed by atoms with E-state index in [-0.39, 0.29) is 12.5 Å². The zero-order valence-corrected chi connectivity index (χ0v) is 17.4. The first-order valence-electron chi connectivity index (χ1n) is 10.2. The van der Waals surface area contributed by atoms with Crippen LogP contribution < -0.4 is 9.64 Å². The van der Waals surface area contributed by atoms with E-state index in [1.54, 1.807) is 24.1 Å². The SMILES string of the molecule is COc1ccccc1N1CCN(C(=O)COC(=O)c2ccc(-n3cccc3)cc2)CC1. The maximum atomic E-state index is 12.5. The van der Waals surface area contributed by atoms with Crippen molar-refractivity contribution < 1.29 is 19.1 Å². The summed E-state index contributed by atoms with van der Waals surface area (Å²) in [5.41, 5.74) is 2.39. The van der Waals surface area contributed by atoms with Gasteiger partial charge in [0.2, 0.25) is 0 Å². The molecule has 0 atom stereocenters. The molecule has 3 aromatic rings. The van der Waals surface area contributed by atoms with Crippen LogP contribution in [0.5, 0.6) is 5.75 Å². The van der Waals surface area contributed by atoms with E-state index >= 15 is 0 Å². The molecule has 160 valence electrons. The molecule has 31 heavy (non-hydrogen) atoms. The first kappa shape index (κ1) is 20.5. The van der Waals surface area contributed by atoms with E-state index in [4.69, 9.17) is 9.47 Å². The van der Waals surface area contributed by atoms with Crippen molar-refractivity contribution in [1.82, 2.24) is 9.47 Å². The van der Waals surface area contributed by atoms with E-state index in [2.05, 4.69) is 4.90 Å². The minimum absolute atomic E-state index is 0.183. The summed E-state index contributed by atoms with van der Waals surface area (Å²) in [6, 6.07) is 18.8. The second-order valence-corrected chi connectivity index (χ2v) is 7.25. The van der Waals surface area contributed by atoms with E-state index in [0.717, 1.165) is 17.1 Å². The molecule has 1 amide bonds. The molecule has 2 aromatic carbocycles. The Balaban J connectivity index is 1.27. The fourth-order valence-electron chi connectivity index (χ4n) is 3.67. The molecular weight excluding hydrogens is 394 g/mol. The Kier molecular flexibility index (Phi) is 6.21. The highest BCUT2D eigenvalue weighted by Crippen LogP contribution is 2.28. The number of rotatable bonds is 6. The Labute approximate surface area is 181 Å². The second-order valence-electron chi connectivity index (χ2n) is 7.25. The van der Waals surface area contributed by atoms with Crippen LogP contribution in [0, 0.1) is 0 Å². The molecule has 7 nitrogen and oxygen atoms in total. The van der Waals surface area contributed by atoms with Crippen molar-refractivity contribution in [2.24, 2.45) is 0 Å². The number of aromatic nitrogens is 1. The summed E-state index contributed by atoms with van der Waals surface area (Å²) in [4.78, 5) is 28.8. The smallest absolute Gasteiger partial charge is 0.338 e. The summed E-state index contributed by atoms with van der Waals surface area (Å²) in [6.07, 6.45) is 3.86. The minimum Gasteiger partial charge on any atom is -0.495 e. The number of nitrogens with zero attached hydrogens (tertiary/aromatic N) is 3. The van der Waals surface area contributed by atoms with Crippen LogP contribution >= 0.6 is 0 Å².